The number of benzene rings is 2. The van der Waals surface area contributed by atoms with E-state index in [-0.39, 0.29) is 35.7 Å². The van der Waals surface area contributed by atoms with E-state index in [4.69, 9.17) is 9.47 Å². The molecule has 0 atom stereocenters. The highest BCUT2D eigenvalue weighted by molar-refractivity contribution is 7.89. The molecule has 170 valence electrons. The van der Waals surface area contributed by atoms with Crippen LogP contribution in [0.15, 0.2) is 58.2 Å². The monoisotopic (exact) mass is 460 g/mol. The van der Waals surface area contributed by atoms with E-state index in [1.807, 2.05) is 0 Å². The quantitative estimate of drug-likeness (QED) is 0.467. The Morgan fingerprint density at radius 2 is 1.84 bits per heavy atom. The second-order valence-corrected chi connectivity index (χ2v) is 8.82. The summed E-state index contributed by atoms with van der Waals surface area (Å²) in [6, 6.07) is 12.0. The maximum absolute atomic E-state index is 13.2. The number of methoxy groups -OCH3 is 1. The highest BCUT2D eigenvalue weighted by Crippen LogP contribution is 2.22. The summed E-state index contributed by atoms with van der Waals surface area (Å²) in [4.78, 5) is 27.0. The largest absolute Gasteiger partial charge is 0.497 e. The van der Waals surface area contributed by atoms with Crippen LogP contribution in [0.1, 0.15) is 22.8 Å². The van der Waals surface area contributed by atoms with Crippen LogP contribution < -0.4 is 10.3 Å². The van der Waals surface area contributed by atoms with Gasteiger partial charge in [0.1, 0.15) is 5.75 Å². The Morgan fingerprint density at radius 3 is 2.47 bits per heavy atom. The van der Waals surface area contributed by atoms with E-state index in [0.29, 0.717) is 16.7 Å². The molecule has 0 aliphatic carbocycles. The number of aromatic amines is 1. The number of nitrogens with one attached hydrogen (secondary N) is 1. The number of hydrogen-bond acceptors (Lipinski definition) is 7. The number of hydrogen-bond donors (Lipinski definition) is 2. The lowest BCUT2D eigenvalue weighted by atomic mass is 10.1. The smallest absolute Gasteiger partial charge is 0.338 e. The highest BCUT2D eigenvalue weighted by Gasteiger charge is 2.25. The van der Waals surface area contributed by atoms with E-state index < -0.39 is 28.2 Å². The minimum absolute atomic E-state index is 0.0714. The van der Waals surface area contributed by atoms with Crippen LogP contribution in [0.2, 0.25) is 0 Å². The molecule has 0 bridgehead atoms. The van der Waals surface area contributed by atoms with E-state index in [0.717, 1.165) is 4.31 Å². The van der Waals surface area contributed by atoms with Gasteiger partial charge in [-0.05, 0) is 55.5 Å². The Balaban J connectivity index is 1.94. The first kappa shape index (κ1) is 23.5. The average Bonchev–Trinajstić information content (AvgIpc) is 2.79. The fourth-order valence-electron chi connectivity index (χ4n) is 3.19. The topological polar surface area (TPSA) is 126 Å². The third-order valence-electron chi connectivity index (χ3n) is 4.83. The number of sulfonamides is 1. The average molecular weight is 461 g/mol. The van der Waals surface area contributed by atoms with Gasteiger partial charge in [0.2, 0.25) is 10.0 Å². The van der Waals surface area contributed by atoms with Crippen LogP contribution in [0.25, 0.3) is 10.9 Å². The zero-order valence-corrected chi connectivity index (χ0v) is 18.5. The molecule has 0 aliphatic rings. The Morgan fingerprint density at radius 1 is 1.12 bits per heavy atom. The minimum atomic E-state index is -4.06. The van der Waals surface area contributed by atoms with E-state index >= 15 is 0 Å². The van der Waals surface area contributed by atoms with Gasteiger partial charge >= 0.3 is 5.97 Å². The van der Waals surface area contributed by atoms with Crippen molar-refractivity contribution in [1.82, 2.24) is 9.29 Å². The van der Waals surface area contributed by atoms with Gasteiger partial charge in [0.25, 0.3) is 5.56 Å². The normalized spacial score (nSPS) is 11.6. The summed E-state index contributed by atoms with van der Waals surface area (Å²) in [5, 5.41) is 10.1. The number of fused-ring (bicyclic) bond motifs is 1. The standard InChI is InChI=1S/C22H24N2O7S/c1-3-31-22(27)15-4-7-19(8-5-15)32(28,29)24(10-11-25)14-17-12-16-13-18(30-2)6-9-20(16)23-21(17)26/h4-9,12-13,25H,3,10-11,14H2,1-2H3,(H,23,26). The molecule has 0 saturated heterocycles. The lowest BCUT2D eigenvalue weighted by molar-refractivity contribution is 0.0526. The molecule has 9 nitrogen and oxygen atoms in total. The molecule has 0 aliphatic heterocycles. The van der Waals surface area contributed by atoms with Gasteiger partial charge < -0.3 is 19.6 Å². The van der Waals surface area contributed by atoms with Gasteiger partial charge in [-0.3, -0.25) is 4.79 Å². The molecule has 0 amide bonds. The number of pyridine rings is 1. The molecule has 1 heterocycles. The second-order valence-electron chi connectivity index (χ2n) is 6.88. The minimum Gasteiger partial charge on any atom is -0.497 e. The molecule has 10 heteroatoms. The number of aromatic nitrogens is 1. The van der Waals surface area contributed by atoms with Crippen LogP contribution in [-0.2, 0) is 21.3 Å². The van der Waals surface area contributed by atoms with E-state index in [2.05, 4.69) is 4.98 Å². The molecule has 32 heavy (non-hydrogen) atoms. The molecule has 1 aromatic heterocycles. The Kier molecular flexibility index (Phi) is 7.29. The zero-order chi connectivity index (χ0) is 23.3. The lowest BCUT2D eigenvalue weighted by Gasteiger charge is -2.21. The van der Waals surface area contributed by atoms with Crippen molar-refractivity contribution in [2.75, 3.05) is 26.9 Å². The van der Waals surface area contributed by atoms with Gasteiger partial charge in [0.15, 0.2) is 0 Å². The van der Waals surface area contributed by atoms with E-state index in [9.17, 15) is 23.1 Å². The number of aliphatic hydroxyl groups is 1. The summed E-state index contributed by atoms with van der Waals surface area (Å²) < 4.78 is 37.5. The molecule has 0 radical (unpaired) electrons. The van der Waals surface area contributed by atoms with Crippen LogP contribution in [0.3, 0.4) is 0 Å². The predicted molar refractivity (Wildman–Crippen MR) is 118 cm³/mol. The van der Waals surface area contributed by atoms with Crippen LogP contribution in [0, 0.1) is 0 Å². The van der Waals surface area contributed by atoms with Gasteiger partial charge in [0, 0.05) is 29.6 Å². The SMILES string of the molecule is CCOC(=O)c1ccc(S(=O)(=O)N(CCO)Cc2cc3cc(OC)ccc3[nH]c2=O)cc1. The van der Waals surface area contributed by atoms with Crippen molar-refractivity contribution in [3.63, 3.8) is 0 Å². The van der Waals surface area contributed by atoms with Crippen LogP contribution in [0.4, 0.5) is 0 Å². The van der Waals surface area contributed by atoms with E-state index in [1.165, 1.54) is 31.4 Å². The molecule has 0 saturated carbocycles. The second kappa shape index (κ2) is 9.94. The van der Waals surface area contributed by atoms with Crippen molar-refractivity contribution in [3.05, 3.63) is 70.0 Å². The van der Waals surface area contributed by atoms with Gasteiger partial charge in [-0.15, -0.1) is 0 Å². The van der Waals surface area contributed by atoms with Crippen LogP contribution >= 0.6 is 0 Å². The molecule has 0 unspecified atom stereocenters. The number of rotatable bonds is 9. The van der Waals surface area contributed by atoms with Crippen LogP contribution in [0.5, 0.6) is 5.75 Å². The van der Waals surface area contributed by atoms with Gasteiger partial charge in [0.05, 0.1) is 30.8 Å². The fourth-order valence-corrected chi connectivity index (χ4v) is 4.60. The van der Waals surface area contributed by atoms with Gasteiger partial charge in [-0.25, -0.2) is 13.2 Å². The maximum atomic E-state index is 13.2. The van der Waals surface area contributed by atoms with Crippen molar-refractivity contribution in [2.45, 2.75) is 18.4 Å². The summed E-state index contributed by atoms with van der Waals surface area (Å²) in [5.74, 6) is 0.0406. The van der Waals surface area contributed by atoms with Gasteiger partial charge in [-0.1, -0.05) is 0 Å². The third kappa shape index (κ3) is 4.98. The van der Waals surface area contributed by atoms with Crippen molar-refractivity contribution in [3.8, 4) is 5.75 Å². The summed E-state index contributed by atoms with van der Waals surface area (Å²) in [7, 11) is -2.53. The molecular formula is C22H24N2O7S. The Hall–Kier alpha value is -3.21. The predicted octanol–water partition coefficient (Wildman–Crippen LogP) is 1.90. The number of nitrogens with zero attached hydrogens (tertiary/aromatic N) is 1. The zero-order valence-electron chi connectivity index (χ0n) is 17.7. The molecule has 2 aromatic carbocycles. The van der Waals surface area contributed by atoms with Gasteiger partial charge in [-0.2, -0.15) is 4.31 Å². The summed E-state index contributed by atoms with van der Waals surface area (Å²) >= 11 is 0. The van der Waals surface area contributed by atoms with Crippen LogP contribution in [-0.4, -0.2) is 55.7 Å². The third-order valence-corrected chi connectivity index (χ3v) is 6.69. The lowest BCUT2D eigenvalue weighted by Crippen LogP contribution is -2.35. The van der Waals surface area contributed by atoms with Crippen molar-refractivity contribution in [2.24, 2.45) is 0 Å². The number of H-pyrrole nitrogens is 1. The number of carbonyl (C=O) groups excluding carboxylic acids is 1. The fraction of sp³-hybridized carbons (Fsp3) is 0.273. The number of ether oxygens (including phenoxy) is 2. The van der Waals surface area contributed by atoms with Crippen molar-refractivity contribution >= 4 is 26.9 Å². The highest BCUT2D eigenvalue weighted by atomic mass is 32.2. The first-order chi connectivity index (χ1) is 15.3. The first-order valence-corrected chi connectivity index (χ1v) is 11.3. The molecule has 0 fully saturated rings. The first-order valence-electron chi connectivity index (χ1n) is 9.88. The maximum Gasteiger partial charge on any atom is 0.338 e. The summed E-state index contributed by atoms with van der Waals surface area (Å²) in [5.41, 5.74) is 0.592. The molecule has 2 N–H and O–H groups in total. The van der Waals surface area contributed by atoms with E-state index in [1.54, 1.807) is 31.2 Å². The number of esters is 1. The molecule has 0 spiro atoms. The molecule has 3 rings (SSSR count). The number of aliphatic hydroxyl groups excluding tert-OH is 1. The summed E-state index contributed by atoms with van der Waals surface area (Å²) in [6.45, 7) is 0.991. The number of carbonyl (C=O) groups is 1. The summed E-state index contributed by atoms with van der Waals surface area (Å²) in [6.07, 6.45) is 0. The Bertz CT molecular complexity index is 1270. The Labute approximate surface area is 185 Å². The van der Waals surface area contributed by atoms with Crippen molar-refractivity contribution < 1.29 is 27.8 Å². The molecule has 3 aromatic rings. The molecular weight excluding hydrogens is 436 g/mol. The van der Waals surface area contributed by atoms with Crippen molar-refractivity contribution in [1.29, 1.82) is 0 Å².